The Morgan fingerprint density at radius 2 is 1.93 bits per heavy atom. The molecule has 2 amide bonds. The van der Waals surface area contributed by atoms with Crippen molar-refractivity contribution in [2.75, 3.05) is 10.6 Å². The van der Waals surface area contributed by atoms with Crippen LogP contribution in [0, 0.1) is 11.6 Å². The van der Waals surface area contributed by atoms with Crippen LogP contribution < -0.4 is 16.0 Å². The number of benzene rings is 2. The average Bonchev–Trinajstić information content (AvgIpc) is 3.58. The summed E-state index contributed by atoms with van der Waals surface area (Å²) in [6, 6.07) is 7.43. The quantitative estimate of drug-likeness (QED) is 0.354. The second kappa shape index (κ2) is 11.5. The molecule has 0 radical (unpaired) electrons. The fourth-order valence-electron chi connectivity index (χ4n) is 5.35. The zero-order valence-corrected chi connectivity index (χ0v) is 23.0. The molecule has 1 unspecified atom stereocenters. The molecule has 10 heteroatoms. The van der Waals surface area contributed by atoms with Crippen LogP contribution in [0.2, 0.25) is 0 Å². The molecule has 212 valence electrons. The second-order valence-corrected chi connectivity index (χ2v) is 11.1. The maximum Gasteiger partial charge on any atom is 0.250 e. The van der Waals surface area contributed by atoms with Crippen LogP contribution in [-0.4, -0.2) is 33.4 Å². The lowest BCUT2D eigenvalue weighted by Gasteiger charge is -2.29. The molecule has 2 atom stereocenters. The predicted molar refractivity (Wildman–Crippen MR) is 148 cm³/mol. The number of anilines is 2. The van der Waals surface area contributed by atoms with E-state index in [1.54, 1.807) is 24.6 Å². The highest BCUT2D eigenvalue weighted by Crippen LogP contribution is 2.27. The highest BCUT2D eigenvalue weighted by atomic mass is 19.1. The Hall–Kier alpha value is -3.63. The Balaban J connectivity index is 1.21. The van der Waals surface area contributed by atoms with Crippen molar-refractivity contribution >= 4 is 23.3 Å². The van der Waals surface area contributed by atoms with Gasteiger partial charge in [0.15, 0.2) is 5.82 Å². The number of rotatable bonds is 9. The Labute approximate surface area is 232 Å². The third-order valence-corrected chi connectivity index (χ3v) is 7.81. The molecular formula is C30H35F2N5O3. The van der Waals surface area contributed by atoms with E-state index in [1.165, 1.54) is 12.4 Å². The lowest BCUT2D eigenvalue weighted by atomic mass is 9.87. The molecule has 0 saturated heterocycles. The Bertz CT molecular complexity index is 1420. The van der Waals surface area contributed by atoms with E-state index in [2.05, 4.69) is 20.9 Å². The minimum atomic E-state index is -0.981. The van der Waals surface area contributed by atoms with Crippen molar-refractivity contribution in [2.24, 2.45) is 0 Å². The molecule has 1 aliphatic heterocycles. The van der Waals surface area contributed by atoms with Gasteiger partial charge >= 0.3 is 0 Å². The third-order valence-electron chi connectivity index (χ3n) is 7.81. The van der Waals surface area contributed by atoms with Crippen molar-refractivity contribution in [1.82, 2.24) is 14.9 Å². The van der Waals surface area contributed by atoms with Crippen molar-refractivity contribution in [3.8, 4) is 0 Å². The van der Waals surface area contributed by atoms with Crippen molar-refractivity contribution < 1.29 is 23.1 Å². The number of hydrogen-bond donors (Lipinski definition) is 3. The summed E-state index contributed by atoms with van der Waals surface area (Å²) >= 11 is 0. The van der Waals surface area contributed by atoms with Gasteiger partial charge in [0.05, 0.1) is 25.6 Å². The topological polar surface area (TPSA) is 97.3 Å². The normalized spacial score (nSPS) is 17.2. The molecule has 3 N–H and O–H groups in total. The summed E-state index contributed by atoms with van der Waals surface area (Å²) in [5.74, 6) is -1.25. The number of amides is 2. The smallest absolute Gasteiger partial charge is 0.250 e. The van der Waals surface area contributed by atoms with Crippen LogP contribution in [0.25, 0.3) is 0 Å². The average molecular weight is 552 g/mol. The molecule has 2 aromatic carbocycles. The number of hydrogen-bond acceptors (Lipinski definition) is 5. The first-order valence-electron chi connectivity index (χ1n) is 13.7. The first-order valence-corrected chi connectivity index (χ1v) is 13.7. The molecule has 2 heterocycles. The second-order valence-electron chi connectivity index (χ2n) is 11.1. The molecule has 1 aliphatic carbocycles. The van der Waals surface area contributed by atoms with Crippen molar-refractivity contribution in [3.05, 3.63) is 76.7 Å². The largest absolute Gasteiger partial charge is 0.372 e. The SMILES string of the molecule is CCC[C@H](NC1CCc2cc(F)cc(F)c2C1)C(=O)Nc1cn(C(C)(C)C(=O)Nc2ccc3c(c2)COC3)cn1. The van der Waals surface area contributed by atoms with Gasteiger partial charge in [0.1, 0.15) is 17.2 Å². The Morgan fingerprint density at radius 3 is 2.73 bits per heavy atom. The van der Waals surface area contributed by atoms with Gasteiger partial charge in [0, 0.05) is 24.0 Å². The highest BCUT2D eigenvalue weighted by molar-refractivity contribution is 5.97. The van der Waals surface area contributed by atoms with E-state index in [1.807, 2.05) is 25.1 Å². The molecule has 40 heavy (non-hydrogen) atoms. The monoisotopic (exact) mass is 551 g/mol. The summed E-state index contributed by atoms with van der Waals surface area (Å²) in [6.07, 6.45) is 6.13. The van der Waals surface area contributed by atoms with Gasteiger partial charge in [0.25, 0.3) is 0 Å². The van der Waals surface area contributed by atoms with Crippen molar-refractivity contribution in [2.45, 2.75) is 83.7 Å². The van der Waals surface area contributed by atoms with Crippen molar-refractivity contribution in [3.63, 3.8) is 0 Å². The van der Waals surface area contributed by atoms with E-state index in [9.17, 15) is 18.4 Å². The summed E-state index contributed by atoms with van der Waals surface area (Å²) < 4.78 is 35.1. The third kappa shape index (κ3) is 5.93. The number of aromatic nitrogens is 2. The van der Waals surface area contributed by atoms with Crippen LogP contribution in [0.3, 0.4) is 0 Å². The number of carbonyl (C=O) groups is 2. The maximum atomic E-state index is 14.4. The van der Waals surface area contributed by atoms with Gasteiger partial charge in [-0.25, -0.2) is 13.8 Å². The lowest BCUT2D eigenvalue weighted by Crippen LogP contribution is -2.48. The summed E-state index contributed by atoms with van der Waals surface area (Å²) in [7, 11) is 0. The number of nitrogens with zero attached hydrogens (tertiary/aromatic N) is 2. The fourth-order valence-corrected chi connectivity index (χ4v) is 5.35. The Kier molecular flexibility index (Phi) is 8.00. The van der Waals surface area contributed by atoms with Crippen LogP contribution >= 0.6 is 0 Å². The van der Waals surface area contributed by atoms with Gasteiger partial charge in [-0.2, -0.15) is 0 Å². The number of fused-ring (bicyclic) bond motifs is 2. The number of carbonyl (C=O) groups excluding carboxylic acids is 2. The van der Waals surface area contributed by atoms with Crippen LogP contribution in [-0.2, 0) is 45.9 Å². The van der Waals surface area contributed by atoms with E-state index in [0.29, 0.717) is 61.5 Å². The number of ether oxygens (including phenoxy) is 1. The predicted octanol–water partition coefficient (Wildman–Crippen LogP) is 4.82. The molecule has 3 aromatic rings. The van der Waals surface area contributed by atoms with Gasteiger partial charge in [-0.15, -0.1) is 0 Å². The van der Waals surface area contributed by atoms with Gasteiger partial charge < -0.3 is 25.3 Å². The van der Waals surface area contributed by atoms with Gasteiger partial charge in [0.2, 0.25) is 11.8 Å². The highest BCUT2D eigenvalue weighted by Gasteiger charge is 2.31. The van der Waals surface area contributed by atoms with E-state index >= 15 is 0 Å². The molecule has 8 nitrogen and oxygen atoms in total. The van der Waals surface area contributed by atoms with Gasteiger partial charge in [-0.3, -0.25) is 9.59 Å². The van der Waals surface area contributed by atoms with Crippen LogP contribution in [0.1, 0.15) is 62.3 Å². The zero-order chi connectivity index (χ0) is 28.4. The molecule has 1 aromatic heterocycles. The lowest BCUT2D eigenvalue weighted by molar-refractivity contribution is -0.123. The molecule has 0 spiro atoms. The summed E-state index contributed by atoms with van der Waals surface area (Å²) in [6.45, 7) is 6.66. The Morgan fingerprint density at radius 1 is 1.12 bits per heavy atom. The molecular weight excluding hydrogens is 516 g/mol. The van der Waals surface area contributed by atoms with Crippen molar-refractivity contribution in [1.29, 1.82) is 0 Å². The first kappa shape index (κ1) is 27.9. The van der Waals surface area contributed by atoms with Gasteiger partial charge in [-0.05, 0) is 80.0 Å². The van der Waals surface area contributed by atoms with E-state index < -0.39 is 23.2 Å². The van der Waals surface area contributed by atoms with Crippen LogP contribution in [0.15, 0.2) is 42.9 Å². The van der Waals surface area contributed by atoms with Crippen LogP contribution in [0.4, 0.5) is 20.3 Å². The van der Waals surface area contributed by atoms with E-state index in [0.717, 1.165) is 23.6 Å². The summed E-state index contributed by atoms with van der Waals surface area (Å²) in [5.41, 5.74) is 3.10. The van der Waals surface area contributed by atoms with Gasteiger partial charge in [-0.1, -0.05) is 19.4 Å². The molecule has 0 fully saturated rings. The number of aryl methyl sites for hydroxylation is 1. The number of imidazole rings is 1. The molecule has 5 rings (SSSR count). The first-order chi connectivity index (χ1) is 19.1. The van der Waals surface area contributed by atoms with Crippen LogP contribution in [0.5, 0.6) is 0 Å². The van der Waals surface area contributed by atoms with E-state index in [-0.39, 0.29) is 17.9 Å². The molecule has 0 saturated carbocycles. The number of halogens is 2. The molecule has 2 aliphatic rings. The number of nitrogens with one attached hydrogen (secondary N) is 3. The zero-order valence-electron chi connectivity index (χ0n) is 23.0. The molecule has 0 bridgehead atoms. The summed E-state index contributed by atoms with van der Waals surface area (Å²) in [4.78, 5) is 30.7. The minimum absolute atomic E-state index is 0.110. The minimum Gasteiger partial charge on any atom is -0.372 e. The van der Waals surface area contributed by atoms with E-state index in [4.69, 9.17) is 4.74 Å². The summed E-state index contributed by atoms with van der Waals surface area (Å²) in [5, 5.41) is 9.21. The fraction of sp³-hybridized carbons (Fsp3) is 0.433. The maximum absolute atomic E-state index is 14.4. The standard InChI is InChI=1S/C30H35F2N5O3/c1-4-5-26(34-23-8-6-18-10-21(31)12-25(32)24(18)13-23)28(38)36-27-14-37(17-33-27)30(2,3)29(39)35-22-9-7-19-15-40-16-20(19)11-22/h7,9-12,14,17,23,26,34H,4-6,8,13,15-16H2,1-3H3,(H,35,39)(H,36,38)/t23?,26-/m0/s1.